The maximum absolute atomic E-state index is 11.4. The molecule has 138 valence electrons. The Morgan fingerprint density at radius 1 is 0.821 bits per heavy atom. The molecule has 5 aromatic rings. The molecule has 7 nitrogen and oxygen atoms in total. The molecule has 0 aliphatic heterocycles. The van der Waals surface area contributed by atoms with Crippen molar-refractivity contribution in [3.63, 3.8) is 0 Å². The van der Waals surface area contributed by atoms with Gasteiger partial charge in [-0.2, -0.15) is 13.2 Å². The van der Waals surface area contributed by atoms with Crippen LogP contribution in [-0.4, -0.2) is 33.1 Å². The summed E-state index contributed by atoms with van der Waals surface area (Å²) in [6.45, 7) is 0. The van der Waals surface area contributed by atoms with Gasteiger partial charge in [0.05, 0.1) is 10.6 Å². The van der Waals surface area contributed by atoms with Crippen molar-refractivity contribution in [1.82, 2.24) is 15.0 Å². The van der Waals surface area contributed by atoms with Crippen molar-refractivity contribution in [1.29, 1.82) is 0 Å². The van der Waals surface area contributed by atoms with E-state index in [0.29, 0.717) is 16.5 Å². The van der Waals surface area contributed by atoms with Crippen molar-refractivity contribution in [2.75, 3.05) is 0 Å². The van der Waals surface area contributed by atoms with Crippen LogP contribution in [0.15, 0.2) is 71.6 Å². The molecule has 8 heteroatoms. The van der Waals surface area contributed by atoms with Crippen LogP contribution >= 0.6 is 0 Å². The Bertz CT molecular complexity index is 1510. The zero-order valence-corrected chi connectivity index (χ0v) is 15.1. The Balaban J connectivity index is 1.73. The maximum atomic E-state index is 11.4. The SMILES string of the molecule is O=S(=O)(O)c1cc(O)c2ccc(-n3nc4ccc5ccccc5c4n3)cc2c1. The number of rotatable bonds is 2. The quantitative estimate of drug-likeness (QED) is 0.445. The van der Waals surface area contributed by atoms with Crippen LogP contribution < -0.4 is 0 Å². The Kier molecular flexibility index (Phi) is 3.42. The number of phenolic OH excluding ortho intramolecular Hbond substituents is 1. The van der Waals surface area contributed by atoms with Crippen LogP contribution in [0.2, 0.25) is 0 Å². The first kappa shape index (κ1) is 16.7. The highest BCUT2D eigenvalue weighted by atomic mass is 32.2. The van der Waals surface area contributed by atoms with Gasteiger partial charge in [0.1, 0.15) is 16.8 Å². The fraction of sp³-hybridized carbons (Fsp3) is 0. The summed E-state index contributed by atoms with van der Waals surface area (Å²) < 4.78 is 32.2. The standard InChI is InChI=1S/C20H13N3O4S/c24-19-11-15(28(25,26)27)10-13-9-14(6-7-16(13)19)23-21-18-8-5-12-3-1-2-4-17(12)20(18)22-23/h1-11,24H,(H,25,26,27). The fourth-order valence-corrected chi connectivity index (χ4v) is 3.88. The van der Waals surface area contributed by atoms with Gasteiger partial charge in [-0.15, -0.1) is 10.2 Å². The summed E-state index contributed by atoms with van der Waals surface area (Å²) in [6, 6.07) is 19.1. The van der Waals surface area contributed by atoms with Gasteiger partial charge in [-0.3, -0.25) is 4.55 Å². The molecular formula is C20H13N3O4S. The molecule has 5 rings (SSSR count). The van der Waals surface area contributed by atoms with E-state index in [4.69, 9.17) is 0 Å². The number of aromatic hydroxyl groups is 1. The number of nitrogens with zero attached hydrogens (tertiary/aromatic N) is 3. The molecule has 2 N–H and O–H groups in total. The van der Waals surface area contributed by atoms with Crippen molar-refractivity contribution >= 4 is 42.7 Å². The second kappa shape index (κ2) is 5.75. The summed E-state index contributed by atoms with van der Waals surface area (Å²) in [7, 11) is -4.44. The Morgan fingerprint density at radius 3 is 2.46 bits per heavy atom. The third-order valence-electron chi connectivity index (χ3n) is 4.69. The van der Waals surface area contributed by atoms with Gasteiger partial charge in [0.2, 0.25) is 0 Å². The highest BCUT2D eigenvalue weighted by Gasteiger charge is 2.15. The van der Waals surface area contributed by atoms with Gasteiger partial charge >= 0.3 is 0 Å². The molecule has 1 heterocycles. The summed E-state index contributed by atoms with van der Waals surface area (Å²) >= 11 is 0. The number of hydrogen-bond donors (Lipinski definition) is 2. The molecule has 0 spiro atoms. The normalized spacial score (nSPS) is 12.2. The van der Waals surface area contributed by atoms with Gasteiger partial charge in [0, 0.05) is 16.8 Å². The third-order valence-corrected chi connectivity index (χ3v) is 5.52. The summed E-state index contributed by atoms with van der Waals surface area (Å²) in [4.78, 5) is 1.09. The van der Waals surface area contributed by atoms with Crippen LogP contribution in [0.25, 0.3) is 38.3 Å². The second-order valence-corrected chi connectivity index (χ2v) is 7.89. The molecule has 0 saturated carbocycles. The third kappa shape index (κ3) is 2.58. The predicted molar refractivity (Wildman–Crippen MR) is 105 cm³/mol. The molecule has 0 aliphatic rings. The van der Waals surface area contributed by atoms with Gasteiger partial charge in [-0.1, -0.05) is 30.3 Å². The van der Waals surface area contributed by atoms with Crippen molar-refractivity contribution in [3.05, 3.63) is 66.7 Å². The molecule has 0 bridgehead atoms. The van der Waals surface area contributed by atoms with E-state index in [-0.39, 0.29) is 10.6 Å². The lowest BCUT2D eigenvalue weighted by Crippen LogP contribution is -2.00. The predicted octanol–water partition coefficient (Wildman–Crippen LogP) is 3.68. The van der Waals surface area contributed by atoms with Crippen molar-refractivity contribution in [2.45, 2.75) is 4.90 Å². The lowest BCUT2D eigenvalue weighted by molar-refractivity contribution is 0.471. The van der Waals surface area contributed by atoms with Crippen LogP contribution in [0.3, 0.4) is 0 Å². The molecular weight excluding hydrogens is 378 g/mol. The van der Waals surface area contributed by atoms with E-state index in [1.165, 1.54) is 10.9 Å². The van der Waals surface area contributed by atoms with Crippen LogP contribution in [0.4, 0.5) is 0 Å². The highest BCUT2D eigenvalue weighted by Crippen LogP contribution is 2.30. The van der Waals surface area contributed by atoms with Gasteiger partial charge in [0.25, 0.3) is 10.1 Å². The number of benzene rings is 4. The molecule has 0 saturated heterocycles. The molecule has 28 heavy (non-hydrogen) atoms. The molecule has 0 aliphatic carbocycles. The van der Waals surface area contributed by atoms with E-state index >= 15 is 0 Å². The van der Waals surface area contributed by atoms with Crippen LogP contribution in [0, 0.1) is 0 Å². The first-order chi connectivity index (χ1) is 13.4. The van der Waals surface area contributed by atoms with Crippen LogP contribution in [-0.2, 0) is 10.1 Å². The maximum Gasteiger partial charge on any atom is 0.294 e. The largest absolute Gasteiger partial charge is 0.507 e. The minimum Gasteiger partial charge on any atom is -0.507 e. The smallest absolute Gasteiger partial charge is 0.294 e. The van der Waals surface area contributed by atoms with E-state index in [1.807, 2.05) is 36.4 Å². The Morgan fingerprint density at radius 2 is 1.64 bits per heavy atom. The zero-order valence-electron chi connectivity index (χ0n) is 14.3. The van der Waals surface area contributed by atoms with Crippen LogP contribution in [0.1, 0.15) is 0 Å². The van der Waals surface area contributed by atoms with E-state index in [0.717, 1.165) is 27.9 Å². The van der Waals surface area contributed by atoms with Crippen molar-refractivity contribution < 1.29 is 18.1 Å². The molecule has 0 atom stereocenters. The monoisotopic (exact) mass is 391 g/mol. The van der Waals surface area contributed by atoms with E-state index in [9.17, 15) is 18.1 Å². The van der Waals surface area contributed by atoms with E-state index in [1.54, 1.807) is 18.2 Å². The first-order valence-electron chi connectivity index (χ1n) is 8.40. The minimum absolute atomic E-state index is 0.235. The number of fused-ring (bicyclic) bond motifs is 4. The van der Waals surface area contributed by atoms with Gasteiger partial charge < -0.3 is 5.11 Å². The Labute approximate surface area is 159 Å². The average Bonchev–Trinajstić information content (AvgIpc) is 3.11. The molecule has 4 aromatic carbocycles. The topological polar surface area (TPSA) is 105 Å². The van der Waals surface area contributed by atoms with Gasteiger partial charge in [0.15, 0.2) is 0 Å². The van der Waals surface area contributed by atoms with Gasteiger partial charge in [-0.05, 0) is 41.1 Å². The zero-order chi connectivity index (χ0) is 19.5. The van der Waals surface area contributed by atoms with Crippen molar-refractivity contribution in [2.24, 2.45) is 0 Å². The van der Waals surface area contributed by atoms with E-state index < -0.39 is 10.1 Å². The average molecular weight is 391 g/mol. The lowest BCUT2D eigenvalue weighted by Gasteiger charge is -2.06. The summed E-state index contributed by atoms with van der Waals surface area (Å²) in [5, 5.41) is 22.1. The summed E-state index contributed by atoms with van der Waals surface area (Å²) in [6.07, 6.45) is 0. The number of aromatic nitrogens is 3. The molecule has 0 unspecified atom stereocenters. The lowest BCUT2D eigenvalue weighted by atomic mass is 10.1. The second-order valence-electron chi connectivity index (χ2n) is 6.47. The molecule has 0 amide bonds. The highest BCUT2D eigenvalue weighted by molar-refractivity contribution is 7.85. The van der Waals surface area contributed by atoms with Crippen LogP contribution in [0.5, 0.6) is 5.75 Å². The van der Waals surface area contributed by atoms with E-state index in [2.05, 4.69) is 10.2 Å². The Hall–Kier alpha value is -3.49. The molecule has 0 fully saturated rings. The minimum atomic E-state index is -4.44. The fourth-order valence-electron chi connectivity index (χ4n) is 3.35. The summed E-state index contributed by atoms with van der Waals surface area (Å²) in [5.41, 5.74) is 2.08. The first-order valence-corrected chi connectivity index (χ1v) is 9.84. The van der Waals surface area contributed by atoms with Gasteiger partial charge in [-0.25, -0.2) is 0 Å². The van der Waals surface area contributed by atoms with Crippen molar-refractivity contribution in [3.8, 4) is 11.4 Å². The number of phenols is 1. The summed E-state index contributed by atoms with van der Waals surface area (Å²) in [5.74, 6) is -0.235. The molecule has 1 aromatic heterocycles. The number of hydrogen-bond acceptors (Lipinski definition) is 5. The molecule has 0 radical (unpaired) electrons.